The van der Waals surface area contributed by atoms with E-state index in [1.54, 1.807) is 0 Å². The first-order chi connectivity index (χ1) is 14.6. The summed E-state index contributed by atoms with van der Waals surface area (Å²) in [6, 6.07) is 12.1. The molecule has 2 aromatic heterocycles. The van der Waals surface area contributed by atoms with Crippen LogP contribution in [0.4, 0.5) is 5.82 Å². The third-order valence-corrected chi connectivity index (χ3v) is 5.67. The van der Waals surface area contributed by atoms with Crippen molar-refractivity contribution < 1.29 is 4.79 Å². The summed E-state index contributed by atoms with van der Waals surface area (Å²) in [6.07, 6.45) is 4.57. The zero-order chi connectivity index (χ0) is 20.9. The van der Waals surface area contributed by atoms with Crippen LogP contribution in [0, 0.1) is 11.7 Å². The van der Waals surface area contributed by atoms with Crippen LogP contribution in [-0.4, -0.2) is 38.7 Å². The van der Waals surface area contributed by atoms with Crippen LogP contribution in [0.3, 0.4) is 0 Å². The van der Waals surface area contributed by atoms with Crippen LogP contribution in [0.1, 0.15) is 30.4 Å². The van der Waals surface area contributed by atoms with Crippen LogP contribution in [0.15, 0.2) is 42.6 Å². The average molecular weight is 423 g/mol. The van der Waals surface area contributed by atoms with Gasteiger partial charge in [-0.05, 0) is 49.7 Å². The van der Waals surface area contributed by atoms with E-state index in [1.807, 2.05) is 48.0 Å². The molecule has 8 heteroatoms. The van der Waals surface area contributed by atoms with Crippen molar-refractivity contribution in [2.45, 2.75) is 39.3 Å². The van der Waals surface area contributed by atoms with E-state index in [0.717, 1.165) is 35.9 Å². The van der Waals surface area contributed by atoms with Crippen LogP contribution in [0.5, 0.6) is 0 Å². The maximum atomic E-state index is 12.4. The summed E-state index contributed by atoms with van der Waals surface area (Å²) in [5, 5.41) is 10.2. The minimum absolute atomic E-state index is 0.0208. The van der Waals surface area contributed by atoms with Gasteiger partial charge < -0.3 is 10.2 Å². The number of H-pyrrole nitrogens is 1. The molecule has 2 N–H and O–H groups in total. The van der Waals surface area contributed by atoms with Gasteiger partial charge in [0.25, 0.3) is 0 Å². The molecule has 1 amide bonds. The summed E-state index contributed by atoms with van der Waals surface area (Å²) in [5.41, 5.74) is 3.21. The molecule has 4 rings (SSSR count). The second-order valence-electron chi connectivity index (χ2n) is 7.61. The summed E-state index contributed by atoms with van der Waals surface area (Å²) in [5.74, 6) is 1.72. The number of carbonyl (C=O) groups is 1. The summed E-state index contributed by atoms with van der Waals surface area (Å²) >= 11 is 5.36. The van der Waals surface area contributed by atoms with Gasteiger partial charge in [0.1, 0.15) is 5.82 Å². The number of carbonyl (C=O) groups excluding carboxylic acids is 1. The molecule has 3 aromatic rings. The first-order valence-corrected chi connectivity index (χ1v) is 10.7. The molecule has 1 saturated heterocycles. The number of rotatable bonds is 7. The SMILES string of the molecule is Cc1ccc(-c2n[nH]c(=S)n2CCC(=O)NCc2ccnc(N3CCCC3)c2)cc1. The number of amides is 1. The lowest BCUT2D eigenvalue weighted by Crippen LogP contribution is -2.24. The zero-order valence-corrected chi connectivity index (χ0v) is 17.9. The third-order valence-electron chi connectivity index (χ3n) is 5.36. The Morgan fingerprint density at radius 3 is 2.73 bits per heavy atom. The topological polar surface area (TPSA) is 78.8 Å². The molecule has 0 atom stereocenters. The molecule has 1 aromatic carbocycles. The Kier molecular flexibility index (Phi) is 6.23. The lowest BCUT2D eigenvalue weighted by molar-refractivity contribution is -0.121. The predicted molar refractivity (Wildman–Crippen MR) is 120 cm³/mol. The fraction of sp³-hybridized carbons (Fsp3) is 0.364. The van der Waals surface area contributed by atoms with E-state index in [2.05, 4.69) is 31.5 Å². The van der Waals surface area contributed by atoms with E-state index in [0.29, 0.717) is 24.3 Å². The summed E-state index contributed by atoms with van der Waals surface area (Å²) in [7, 11) is 0. The number of nitrogens with zero attached hydrogens (tertiary/aromatic N) is 4. The molecule has 7 nitrogen and oxygen atoms in total. The molecule has 0 radical (unpaired) electrons. The molecule has 0 unspecified atom stereocenters. The van der Waals surface area contributed by atoms with Crippen LogP contribution < -0.4 is 10.2 Å². The standard InChI is InChI=1S/C22H26N6OS/c1-16-4-6-18(7-5-16)21-25-26-22(30)28(21)13-9-20(29)24-15-17-8-10-23-19(14-17)27-11-2-3-12-27/h4-8,10,14H,2-3,9,11-13,15H2,1H3,(H,24,29)(H,26,30). The van der Waals surface area contributed by atoms with Crippen LogP contribution >= 0.6 is 12.2 Å². The lowest BCUT2D eigenvalue weighted by Gasteiger charge is -2.17. The summed E-state index contributed by atoms with van der Waals surface area (Å²) in [4.78, 5) is 19.2. The molecule has 3 heterocycles. The summed E-state index contributed by atoms with van der Waals surface area (Å²) in [6.45, 7) is 5.11. The van der Waals surface area contributed by atoms with Gasteiger partial charge in [-0.1, -0.05) is 29.8 Å². The van der Waals surface area contributed by atoms with Crippen molar-refractivity contribution in [3.8, 4) is 11.4 Å². The van der Waals surface area contributed by atoms with Gasteiger partial charge in [-0.2, -0.15) is 5.10 Å². The van der Waals surface area contributed by atoms with Crippen molar-refractivity contribution in [2.24, 2.45) is 0 Å². The Morgan fingerprint density at radius 1 is 1.20 bits per heavy atom. The number of aromatic amines is 1. The molecule has 0 spiro atoms. The highest BCUT2D eigenvalue weighted by molar-refractivity contribution is 7.71. The minimum Gasteiger partial charge on any atom is -0.357 e. The van der Waals surface area contributed by atoms with Crippen LogP contribution in [-0.2, 0) is 17.9 Å². The predicted octanol–water partition coefficient (Wildman–Crippen LogP) is 3.62. The number of hydrogen-bond donors (Lipinski definition) is 2. The van der Waals surface area contributed by atoms with E-state index < -0.39 is 0 Å². The van der Waals surface area contributed by atoms with E-state index in [4.69, 9.17) is 12.2 Å². The molecule has 1 aliphatic rings. The molecule has 1 aliphatic heterocycles. The second kappa shape index (κ2) is 9.21. The van der Waals surface area contributed by atoms with Crippen molar-refractivity contribution in [1.82, 2.24) is 25.1 Å². The minimum atomic E-state index is -0.0208. The Balaban J connectivity index is 1.35. The molecule has 156 valence electrons. The maximum Gasteiger partial charge on any atom is 0.222 e. The Hall–Kier alpha value is -3.00. The second-order valence-corrected chi connectivity index (χ2v) is 8.00. The molecule has 30 heavy (non-hydrogen) atoms. The Labute approximate surface area is 181 Å². The highest BCUT2D eigenvalue weighted by atomic mass is 32.1. The van der Waals surface area contributed by atoms with Crippen molar-refractivity contribution >= 4 is 23.9 Å². The normalized spacial score (nSPS) is 13.6. The monoisotopic (exact) mass is 422 g/mol. The molecular formula is C22H26N6OS. The van der Waals surface area contributed by atoms with E-state index >= 15 is 0 Å². The fourth-order valence-electron chi connectivity index (χ4n) is 3.64. The third kappa shape index (κ3) is 4.76. The van der Waals surface area contributed by atoms with Gasteiger partial charge in [0.2, 0.25) is 5.91 Å². The fourth-order valence-corrected chi connectivity index (χ4v) is 3.86. The molecular weight excluding hydrogens is 396 g/mol. The van der Waals surface area contributed by atoms with Gasteiger partial charge in [0.05, 0.1) is 0 Å². The van der Waals surface area contributed by atoms with Crippen molar-refractivity contribution in [1.29, 1.82) is 0 Å². The highest BCUT2D eigenvalue weighted by Gasteiger charge is 2.14. The quantitative estimate of drug-likeness (QED) is 0.569. The molecule has 1 fully saturated rings. The van der Waals surface area contributed by atoms with E-state index in [-0.39, 0.29) is 5.91 Å². The average Bonchev–Trinajstić information content (AvgIpc) is 3.42. The van der Waals surface area contributed by atoms with Gasteiger partial charge in [-0.15, -0.1) is 0 Å². The van der Waals surface area contributed by atoms with Crippen molar-refractivity contribution in [3.63, 3.8) is 0 Å². The number of nitrogens with one attached hydrogen (secondary N) is 2. The van der Waals surface area contributed by atoms with Gasteiger partial charge >= 0.3 is 0 Å². The molecule has 0 bridgehead atoms. The lowest BCUT2D eigenvalue weighted by atomic mass is 10.1. The number of aryl methyl sites for hydroxylation is 1. The Morgan fingerprint density at radius 2 is 1.97 bits per heavy atom. The molecule has 0 saturated carbocycles. The number of pyridine rings is 1. The number of benzene rings is 1. The number of aromatic nitrogens is 4. The first kappa shape index (κ1) is 20.3. The van der Waals surface area contributed by atoms with Crippen molar-refractivity contribution in [2.75, 3.05) is 18.0 Å². The maximum absolute atomic E-state index is 12.4. The molecule has 0 aliphatic carbocycles. The van der Waals surface area contributed by atoms with Crippen LogP contribution in [0.25, 0.3) is 11.4 Å². The first-order valence-electron chi connectivity index (χ1n) is 10.3. The van der Waals surface area contributed by atoms with Crippen LogP contribution in [0.2, 0.25) is 0 Å². The smallest absolute Gasteiger partial charge is 0.222 e. The van der Waals surface area contributed by atoms with Gasteiger partial charge in [-0.25, -0.2) is 4.98 Å². The Bertz CT molecular complexity index is 1070. The van der Waals surface area contributed by atoms with Gasteiger partial charge in [0, 0.05) is 44.4 Å². The zero-order valence-electron chi connectivity index (χ0n) is 17.1. The van der Waals surface area contributed by atoms with E-state index in [9.17, 15) is 4.79 Å². The van der Waals surface area contributed by atoms with Gasteiger partial charge in [-0.3, -0.25) is 14.5 Å². The largest absolute Gasteiger partial charge is 0.357 e. The summed E-state index contributed by atoms with van der Waals surface area (Å²) < 4.78 is 2.39. The number of anilines is 1. The number of hydrogen-bond acceptors (Lipinski definition) is 5. The van der Waals surface area contributed by atoms with Gasteiger partial charge in [0.15, 0.2) is 10.6 Å². The highest BCUT2D eigenvalue weighted by Crippen LogP contribution is 2.19. The van der Waals surface area contributed by atoms with Crippen molar-refractivity contribution in [3.05, 3.63) is 58.5 Å². The van der Waals surface area contributed by atoms with E-state index in [1.165, 1.54) is 18.4 Å².